The van der Waals surface area contributed by atoms with E-state index in [1.54, 1.807) is 7.11 Å². The van der Waals surface area contributed by atoms with Gasteiger partial charge < -0.3 is 9.64 Å². The SMILES string of the molecule is COCC(=O)N1CC(C(C)C)C1. The summed E-state index contributed by atoms with van der Waals surface area (Å²) in [5.74, 6) is 1.51. The van der Waals surface area contributed by atoms with E-state index in [-0.39, 0.29) is 12.5 Å². The van der Waals surface area contributed by atoms with Crippen molar-refractivity contribution in [2.24, 2.45) is 11.8 Å². The van der Waals surface area contributed by atoms with E-state index in [0.29, 0.717) is 11.8 Å². The third-order valence-corrected chi connectivity index (χ3v) is 2.47. The highest BCUT2D eigenvalue weighted by atomic mass is 16.5. The number of methoxy groups -OCH3 is 1. The largest absolute Gasteiger partial charge is 0.375 e. The van der Waals surface area contributed by atoms with E-state index in [2.05, 4.69) is 13.8 Å². The minimum Gasteiger partial charge on any atom is -0.375 e. The lowest BCUT2D eigenvalue weighted by molar-refractivity contribution is -0.142. The van der Waals surface area contributed by atoms with Crippen LogP contribution in [0.3, 0.4) is 0 Å². The summed E-state index contributed by atoms with van der Waals surface area (Å²) < 4.78 is 4.76. The monoisotopic (exact) mass is 171 g/mol. The van der Waals surface area contributed by atoms with Crippen molar-refractivity contribution in [1.82, 2.24) is 4.90 Å². The molecule has 0 N–H and O–H groups in total. The molecule has 0 aromatic heterocycles. The first kappa shape index (κ1) is 9.52. The van der Waals surface area contributed by atoms with Crippen molar-refractivity contribution in [3.63, 3.8) is 0 Å². The van der Waals surface area contributed by atoms with E-state index in [0.717, 1.165) is 13.1 Å². The van der Waals surface area contributed by atoms with Crippen molar-refractivity contribution >= 4 is 5.91 Å². The van der Waals surface area contributed by atoms with Gasteiger partial charge in [-0.05, 0) is 11.8 Å². The molecule has 1 saturated heterocycles. The molecule has 12 heavy (non-hydrogen) atoms. The number of carbonyl (C=O) groups is 1. The van der Waals surface area contributed by atoms with E-state index in [1.165, 1.54) is 0 Å². The third-order valence-electron chi connectivity index (χ3n) is 2.47. The first-order valence-electron chi connectivity index (χ1n) is 4.42. The molecule has 0 saturated carbocycles. The quantitative estimate of drug-likeness (QED) is 0.627. The van der Waals surface area contributed by atoms with Crippen LogP contribution in [0.1, 0.15) is 13.8 Å². The highest BCUT2D eigenvalue weighted by Crippen LogP contribution is 2.22. The van der Waals surface area contributed by atoms with Crippen LogP contribution in [-0.4, -0.2) is 37.6 Å². The van der Waals surface area contributed by atoms with Gasteiger partial charge in [-0.1, -0.05) is 13.8 Å². The lowest BCUT2D eigenvalue weighted by atomic mass is 9.88. The second-order valence-corrected chi connectivity index (χ2v) is 3.74. The smallest absolute Gasteiger partial charge is 0.248 e. The summed E-state index contributed by atoms with van der Waals surface area (Å²) in [4.78, 5) is 13.0. The number of carbonyl (C=O) groups excluding carboxylic acids is 1. The Morgan fingerprint density at radius 3 is 2.58 bits per heavy atom. The van der Waals surface area contributed by atoms with E-state index < -0.39 is 0 Å². The number of amides is 1. The zero-order valence-corrected chi connectivity index (χ0v) is 8.04. The first-order chi connectivity index (χ1) is 5.65. The van der Waals surface area contributed by atoms with Gasteiger partial charge in [0.25, 0.3) is 0 Å². The van der Waals surface area contributed by atoms with Gasteiger partial charge in [0.2, 0.25) is 5.91 Å². The Morgan fingerprint density at radius 1 is 1.58 bits per heavy atom. The summed E-state index contributed by atoms with van der Waals surface area (Å²) in [5.41, 5.74) is 0. The molecular formula is C9H17NO2. The Morgan fingerprint density at radius 2 is 2.17 bits per heavy atom. The van der Waals surface area contributed by atoms with Gasteiger partial charge in [-0.2, -0.15) is 0 Å². The predicted octanol–water partition coefficient (Wildman–Crippen LogP) is 0.747. The topological polar surface area (TPSA) is 29.5 Å². The molecule has 0 bridgehead atoms. The molecule has 0 atom stereocenters. The van der Waals surface area contributed by atoms with Crippen LogP contribution in [0.4, 0.5) is 0 Å². The minimum absolute atomic E-state index is 0.120. The molecule has 0 unspecified atom stereocenters. The fourth-order valence-corrected chi connectivity index (χ4v) is 1.35. The third kappa shape index (κ3) is 1.97. The molecule has 1 aliphatic rings. The van der Waals surface area contributed by atoms with Crippen molar-refractivity contribution in [3.05, 3.63) is 0 Å². The average molecular weight is 171 g/mol. The first-order valence-corrected chi connectivity index (χ1v) is 4.42. The normalized spacial score (nSPS) is 18.2. The molecule has 0 aromatic rings. The lowest BCUT2D eigenvalue weighted by Gasteiger charge is -2.41. The Bertz CT molecular complexity index is 162. The van der Waals surface area contributed by atoms with Crippen LogP contribution in [0.2, 0.25) is 0 Å². The number of nitrogens with zero attached hydrogens (tertiary/aromatic N) is 1. The molecule has 0 spiro atoms. The molecule has 1 fully saturated rings. The van der Waals surface area contributed by atoms with E-state index >= 15 is 0 Å². The molecule has 3 nitrogen and oxygen atoms in total. The maximum atomic E-state index is 11.2. The summed E-state index contributed by atoms with van der Waals surface area (Å²) in [5, 5.41) is 0. The van der Waals surface area contributed by atoms with Crippen molar-refractivity contribution in [2.45, 2.75) is 13.8 Å². The fraction of sp³-hybridized carbons (Fsp3) is 0.889. The Labute approximate surface area is 73.7 Å². The van der Waals surface area contributed by atoms with Crippen molar-refractivity contribution in [2.75, 3.05) is 26.8 Å². The number of hydrogen-bond donors (Lipinski definition) is 0. The highest BCUT2D eigenvalue weighted by Gasteiger charge is 2.31. The van der Waals surface area contributed by atoms with Crippen LogP contribution in [0.25, 0.3) is 0 Å². The van der Waals surface area contributed by atoms with E-state index in [1.807, 2.05) is 4.90 Å². The fourth-order valence-electron chi connectivity index (χ4n) is 1.35. The minimum atomic E-state index is 0.120. The molecule has 1 aliphatic heterocycles. The second kappa shape index (κ2) is 3.90. The molecule has 0 aliphatic carbocycles. The molecule has 70 valence electrons. The van der Waals surface area contributed by atoms with Crippen LogP contribution in [0, 0.1) is 11.8 Å². The van der Waals surface area contributed by atoms with Crippen molar-refractivity contribution < 1.29 is 9.53 Å². The number of rotatable bonds is 3. The molecule has 1 rings (SSSR count). The van der Waals surface area contributed by atoms with Gasteiger partial charge in [-0.25, -0.2) is 0 Å². The molecular weight excluding hydrogens is 154 g/mol. The van der Waals surface area contributed by atoms with Crippen LogP contribution in [-0.2, 0) is 9.53 Å². The molecule has 0 radical (unpaired) electrons. The van der Waals surface area contributed by atoms with Gasteiger partial charge in [0, 0.05) is 20.2 Å². The second-order valence-electron chi connectivity index (χ2n) is 3.74. The molecule has 1 amide bonds. The van der Waals surface area contributed by atoms with Gasteiger partial charge in [-0.3, -0.25) is 4.79 Å². The molecule has 1 heterocycles. The summed E-state index contributed by atoms with van der Waals surface area (Å²) in [6.45, 7) is 6.45. The summed E-state index contributed by atoms with van der Waals surface area (Å²) in [6.07, 6.45) is 0. The van der Waals surface area contributed by atoms with Crippen molar-refractivity contribution in [3.8, 4) is 0 Å². The van der Waals surface area contributed by atoms with Crippen LogP contribution >= 0.6 is 0 Å². The standard InChI is InChI=1S/C9H17NO2/c1-7(2)8-4-10(5-8)9(11)6-12-3/h7-8H,4-6H2,1-3H3. The number of ether oxygens (including phenoxy) is 1. The lowest BCUT2D eigenvalue weighted by Crippen LogP contribution is -2.52. The summed E-state index contributed by atoms with van der Waals surface area (Å²) >= 11 is 0. The van der Waals surface area contributed by atoms with Crippen LogP contribution < -0.4 is 0 Å². The highest BCUT2D eigenvalue weighted by molar-refractivity contribution is 5.78. The van der Waals surface area contributed by atoms with Crippen LogP contribution in [0.15, 0.2) is 0 Å². The van der Waals surface area contributed by atoms with E-state index in [9.17, 15) is 4.79 Å². The number of likely N-dealkylation sites (tertiary alicyclic amines) is 1. The predicted molar refractivity (Wildman–Crippen MR) is 46.8 cm³/mol. The van der Waals surface area contributed by atoms with Crippen LogP contribution in [0.5, 0.6) is 0 Å². The average Bonchev–Trinajstić information content (AvgIpc) is 1.82. The van der Waals surface area contributed by atoms with Gasteiger partial charge in [-0.15, -0.1) is 0 Å². The summed E-state index contributed by atoms with van der Waals surface area (Å²) in [6, 6.07) is 0. The maximum Gasteiger partial charge on any atom is 0.248 e. The Kier molecular flexibility index (Phi) is 3.09. The van der Waals surface area contributed by atoms with Crippen molar-refractivity contribution in [1.29, 1.82) is 0 Å². The molecule has 3 heteroatoms. The van der Waals surface area contributed by atoms with Gasteiger partial charge in [0.05, 0.1) is 0 Å². The zero-order valence-electron chi connectivity index (χ0n) is 8.04. The van der Waals surface area contributed by atoms with Gasteiger partial charge in [0.1, 0.15) is 6.61 Å². The zero-order chi connectivity index (χ0) is 9.14. The Hall–Kier alpha value is -0.570. The van der Waals surface area contributed by atoms with Gasteiger partial charge in [0.15, 0.2) is 0 Å². The van der Waals surface area contributed by atoms with Gasteiger partial charge >= 0.3 is 0 Å². The summed E-state index contributed by atoms with van der Waals surface area (Å²) in [7, 11) is 1.55. The Balaban J connectivity index is 2.20. The molecule has 0 aromatic carbocycles. The maximum absolute atomic E-state index is 11.2. The number of hydrogen-bond acceptors (Lipinski definition) is 2. The van der Waals surface area contributed by atoms with E-state index in [4.69, 9.17) is 4.74 Å².